The van der Waals surface area contributed by atoms with E-state index in [9.17, 15) is 9.59 Å². The molecule has 160 valence electrons. The molecule has 1 atom stereocenters. The van der Waals surface area contributed by atoms with Crippen molar-refractivity contribution in [3.8, 4) is 5.75 Å². The van der Waals surface area contributed by atoms with E-state index in [1.54, 1.807) is 31.4 Å². The predicted octanol–water partition coefficient (Wildman–Crippen LogP) is 2.60. The Balaban J connectivity index is 1.32. The number of ether oxygens (including phenoxy) is 2. The molecule has 2 N–H and O–H groups in total. The third-order valence-electron chi connectivity index (χ3n) is 5.04. The second-order valence-corrected chi connectivity index (χ2v) is 7.22. The molecule has 2 aromatic carbocycles. The maximum atomic E-state index is 12.0. The van der Waals surface area contributed by atoms with Gasteiger partial charge in [0.05, 0.1) is 19.8 Å². The standard InChI is InChI=1S/C23H29N3O4/c1-29-20-11-7-10-19(16-20)25-23(28)22(27)24-12-5-6-13-26-14-15-30-21(17-26)18-8-3-2-4-9-18/h2-4,7-11,16,21H,5-6,12-15,17H2,1H3,(H,24,27)(H,25,28). The Bertz CT molecular complexity index is 828. The lowest BCUT2D eigenvalue weighted by molar-refractivity contribution is -0.136. The van der Waals surface area contributed by atoms with Crippen LogP contribution in [-0.2, 0) is 14.3 Å². The molecule has 2 aromatic rings. The number of unbranched alkanes of at least 4 members (excludes halogenated alkanes) is 1. The van der Waals surface area contributed by atoms with Gasteiger partial charge in [-0.2, -0.15) is 0 Å². The van der Waals surface area contributed by atoms with Gasteiger partial charge in [-0.3, -0.25) is 14.5 Å². The summed E-state index contributed by atoms with van der Waals surface area (Å²) in [6, 6.07) is 17.2. The van der Waals surface area contributed by atoms with Crippen LogP contribution in [0.15, 0.2) is 54.6 Å². The summed E-state index contributed by atoms with van der Waals surface area (Å²) in [5.74, 6) is -0.693. The van der Waals surface area contributed by atoms with Gasteiger partial charge >= 0.3 is 11.8 Å². The number of hydrogen-bond donors (Lipinski definition) is 2. The number of amides is 2. The van der Waals surface area contributed by atoms with Crippen molar-refractivity contribution < 1.29 is 19.1 Å². The molecule has 1 fully saturated rings. The third kappa shape index (κ3) is 6.57. The molecule has 3 rings (SSSR count). The van der Waals surface area contributed by atoms with Gasteiger partial charge in [-0.1, -0.05) is 36.4 Å². The number of nitrogens with one attached hydrogen (secondary N) is 2. The summed E-state index contributed by atoms with van der Waals surface area (Å²) in [5, 5.41) is 5.25. The number of anilines is 1. The minimum atomic E-state index is -0.679. The van der Waals surface area contributed by atoms with Crippen LogP contribution < -0.4 is 15.4 Å². The van der Waals surface area contributed by atoms with Crippen LogP contribution in [0.4, 0.5) is 5.69 Å². The molecule has 2 amide bonds. The number of methoxy groups -OCH3 is 1. The van der Waals surface area contributed by atoms with Gasteiger partial charge < -0.3 is 20.1 Å². The number of rotatable bonds is 8. The zero-order chi connectivity index (χ0) is 21.2. The highest BCUT2D eigenvalue weighted by atomic mass is 16.5. The summed E-state index contributed by atoms with van der Waals surface area (Å²) in [4.78, 5) is 26.4. The van der Waals surface area contributed by atoms with Crippen LogP contribution in [0.25, 0.3) is 0 Å². The summed E-state index contributed by atoms with van der Waals surface area (Å²) in [6.07, 6.45) is 1.87. The first-order valence-corrected chi connectivity index (χ1v) is 10.3. The summed E-state index contributed by atoms with van der Waals surface area (Å²) < 4.78 is 11.0. The van der Waals surface area contributed by atoms with Crippen molar-refractivity contribution in [2.75, 3.05) is 45.2 Å². The van der Waals surface area contributed by atoms with Crippen molar-refractivity contribution in [1.29, 1.82) is 0 Å². The van der Waals surface area contributed by atoms with Gasteiger partial charge in [0.2, 0.25) is 0 Å². The van der Waals surface area contributed by atoms with Crippen molar-refractivity contribution in [2.24, 2.45) is 0 Å². The van der Waals surface area contributed by atoms with Crippen LogP contribution in [0.5, 0.6) is 5.75 Å². The molecule has 0 aliphatic carbocycles. The van der Waals surface area contributed by atoms with Crippen LogP contribution in [0, 0.1) is 0 Å². The van der Waals surface area contributed by atoms with Crippen LogP contribution in [0.1, 0.15) is 24.5 Å². The molecule has 0 radical (unpaired) electrons. The molecule has 1 aliphatic rings. The molecular weight excluding hydrogens is 382 g/mol. The number of benzene rings is 2. The van der Waals surface area contributed by atoms with Crippen molar-refractivity contribution in [2.45, 2.75) is 18.9 Å². The van der Waals surface area contributed by atoms with E-state index in [2.05, 4.69) is 27.7 Å². The molecule has 1 unspecified atom stereocenters. The number of nitrogens with zero attached hydrogens (tertiary/aromatic N) is 1. The Kier molecular flexibility index (Phi) is 8.23. The second kappa shape index (κ2) is 11.3. The van der Waals surface area contributed by atoms with Crippen molar-refractivity contribution in [3.63, 3.8) is 0 Å². The molecule has 0 bridgehead atoms. The van der Waals surface area contributed by atoms with E-state index in [1.807, 2.05) is 18.2 Å². The summed E-state index contributed by atoms with van der Waals surface area (Å²) in [5.41, 5.74) is 1.73. The van der Waals surface area contributed by atoms with E-state index in [1.165, 1.54) is 5.56 Å². The number of carbonyl (C=O) groups excluding carboxylic acids is 2. The lowest BCUT2D eigenvalue weighted by Gasteiger charge is -2.33. The zero-order valence-electron chi connectivity index (χ0n) is 17.3. The second-order valence-electron chi connectivity index (χ2n) is 7.22. The molecule has 0 spiro atoms. The number of morpholine rings is 1. The monoisotopic (exact) mass is 411 g/mol. The minimum absolute atomic E-state index is 0.111. The Morgan fingerprint density at radius 3 is 2.73 bits per heavy atom. The fraction of sp³-hybridized carbons (Fsp3) is 0.391. The highest BCUT2D eigenvalue weighted by molar-refractivity contribution is 6.39. The van der Waals surface area contributed by atoms with E-state index in [4.69, 9.17) is 9.47 Å². The van der Waals surface area contributed by atoms with Crippen LogP contribution in [0.3, 0.4) is 0 Å². The van der Waals surface area contributed by atoms with Crippen LogP contribution in [-0.4, -0.2) is 56.6 Å². The summed E-state index contributed by atoms with van der Waals surface area (Å²) in [6.45, 7) is 3.92. The molecule has 7 heteroatoms. The van der Waals surface area contributed by atoms with Gasteiger partial charge in [0.25, 0.3) is 0 Å². The van der Waals surface area contributed by atoms with Crippen molar-refractivity contribution >= 4 is 17.5 Å². The predicted molar refractivity (Wildman–Crippen MR) is 115 cm³/mol. The Hall–Kier alpha value is -2.90. The molecule has 1 heterocycles. The Labute approximate surface area is 177 Å². The lowest BCUT2D eigenvalue weighted by Crippen LogP contribution is -2.39. The SMILES string of the molecule is COc1cccc(NC(=O)C(=O)NCCCCN2CCOC(c3ccccc3)C2)c1. The minimum Gasteiger partial charge on any atom is -0.497 e. The highest BCUT2D eigenvalue weighted by Gasteiger charge is 2.21. The molecule has 0 aromatic heterocycles. The zero-order valence-corrected chi connectivity index (χ0v) is 17.3. The van der Waals surface area contributed by atoms with E-state index in [0.29, 0.717) is 18.0 Å². The topological polar surface area (TPSA) is 79.9 Å². The van der Waals surface area contributed by atoms with Gasteiger partial charge in [-0.05, 0) is 37.1 Å². The van der Waals surface area contributed by atoms with Gasteiger partial charge in [0, 0.05) is 31.4 Å². The van der Waals surface area contributed by atoms with Gasteiger partial charge in [0.15, 0.2) is 0 Å². The Morgan fingerprint density at radius 1 is 1.10 bits per heavy atom. The van der Waals surface area contributed by atoms with Crippen molar-refractivity contribution in [1.82, 2.24) is 10.2 Å². The summed E-state index contributed by atoms with van der Waals surface area (Å²) in [7, 11) is 1.55. The van der Waals surface area contributed by atoms with E-state index >= 15 is 0 Å². The first kappa shape index (κ1) is 21.8. The van der Waals surface area contributed by atoms with E-state index < -0.39 is 11.8 Å². The van der Waals surface area contributed by atoms with Crippen LogP contribution in [0.2, 0.25) is 0 Å². The molecule has 1 saturated heterocycles. The van der Waals surface area contributed by atoms with Gasteiger partial charge in [-0.25, -0.2) is 0 Å². The Morgan fingerprint density at radius 2 is 1.93 bits per heavy atom. The van der Waals surface area contributed by atoms with E-state index in [0.717, 1.165) is 39.1 Å². The lowest BCUT2D eigenvalue weighted by atomic mass is 10.1. The molecule has 30 heavy (non-hydrogen) atoms. The highest BCUT2D eigenvalue weighted by Crippen LogP contribution is 2.22. The van der Waals surface area contributed by atoms with Crippen molar-refractivity contribution in [3.05, 3.63) is 60.2 Å². The molecular formula is C23H29N3O4. The van der Waals surface area contributed by atoms with Crippen LogP contribution >= 0.6 is 0 Å². The van der Waals surface area contributed by atoms with Gasteiger partial charge in [0.1, 0.15) is 5.75 Å². The third-order valence-corrected chi connectivity index (χ3v) is 5.04. The largest absolute Gasteiger partial charge is 0.497 e. The smallest absolute Gasteiger partial charge is 0.313 e. The number of carbonyl (C=O) groups is 2. The number of hydrogen-bond acceptors (Lipinski definition) is 5. The molecule has 1 aliphatic heterocycles. The first-order valence-electron chi connectivity index (χ1n) is 10.3. The van der Waals surface area contributed by atoms with Gasteiger partial charge in [-0.15, -0.1) is 0 Å². The fourth-order valence-corrected chi connectivity index (χ4v) is 3.41. The maximum absolute atomic E-state index is 12.0. The fourth-order valence-electron chi connectivity index (χ4n) is 3.41. The van der Waals surface area contributed by atoms with E-state index in [-0.39, 0.29) is 6.10 Å². The summed E-state index contributed by atoms with van der Waals surface area (Å²) >= 11 is 0. The normalized spacial score (nSPS) is 16.6. The first-order chi connectivity index (χ1) is 14.7. The molecule has 7 nitrogen and oxygen atoms in total. The average Bonchev–Trinajstić information content (AvgIpc) is 2.79. The molecule has 0 saturated carbocycles. The average molecular weight is 412 g/mol. The maximum Gasteiger partial charge on any atom is 0.313 e. The quantitative estimate of drug-likeness (QED) is 0.516.